The third-order valence-corrected chi connectivity index (χ3v) is 5.24. The summed E-state index contributed by atoms with van der Waals surface area (Å²) in [5, 5.41) is 12.2. The zero-order valence-corrected chi connectivity index (χ0v) is 18.8. The number of aromatic nitrogens is 5. The minimum absolute atomic E-state index is 0.0656. The van der Waals surface area contributed by atoms with Crippen molar-refractivity contribution >= 4 is 5.82 Å². The van der Waals surface area contributed by atoms with Crippen LogP contribution >= 0.6 is 0 Å². The van der Waals surface area contributed by atoms with E-state index < -0.39 is 0 Å². The lowest BCUT2D eigenvalue weighted by Crippen LogP contribution is -2.10. The third kappa shape index (κ3) is 4.39. The smallest absolute Gasteiger partial charge is 0.238 e. The van der Waals surface area contributed by atoms with E-state index in [1.54, 1.807) is 20.5 Å². The average molecular weight is 431 g/mol. The number of nitrogens with zero attached hydrogens (tertiary/aromatic N) is 5. The van der Waals surface area contributed by atoms with Crippen molar-refractivity contribution in [2.75, 3.05) is 19.5 Å². The molecule has 0 radical (unpaired) electrons. The Hall–Kier alpha value is -3.94. The van der Waals surface area contributed by atoms with Gasteiger partial charge in [0.15, 0.2) is 5.82 Å². The first-order valence-corrected chi connectivity index (χ1v) is 10.3. The molecule has 0 saturated carbocycles. The molecule has 0 aliphatic heterocycles. The van der Waals surface area contributed by atoms with E-state index in [0.717, 1.165) is 34.1 Å². The summed E-state index contributed by atoms with van der Waals surface area (Å²) in [5.74, 6) is 2.06. The highest BCUT2D eigenvalue weighted by atomic mass is 16.5. The Morgan fingerprint density at radius 2 is 1.72 bits per heavy atom. The highest BCUT2D eigenvalue weighted by Gasteiger charge is 2.14. The monoisotopic (exact) mass is 430 g/mol. The van der Waals surface area contributed by atoms with Gasteiger partial charge in [-0.3, -0.25) is 0 Å². The SMILES string of the molecule is COc1ccc(C(C)Nc2nnc(-c3ccc(-n4cnc(C)c4)c(OC)n3)cc2C)cc1. The first-order valence-electron chi connectivity index (χ1n) is 10.3. The summed E-state index contributed by atoms with van der Waals surface area (Å²) in [4.78, 5) is 8.91. The van der Waals surface area contributed by atoms with Crippen LogP contribution in [0.2, 0.25) is 0 Å². The first-order chi connectivity index (χ1) is 15.5. The van der Waals surface area contributed by atoms with Crippen LogP contribution in [0.1, 0.15) is 29.8 Å². The van der Waals surface area contributed by atoms with Crippen molar-refractivity contribution in [3.05, 3.63) is 71.8 Å². The van der Waals surface area contributed by atoms with E-state index in [1.807, 2.05) is 67.1 Å². The number of benzene rings is 1. The summed E-state index contributed by atoms with van der Waals surface area (Å²) in [7, 11) is 3.26. The minimum atomic E-state index is 0.0656. The van der Waals surface area contributed by atoms with E-state index >= 15 is 0 Å². The highest BCUT2D eigenvalue weighted by Crippen LogP contribution is 2.27. The summed E-state index contributed by atoms with van der Waals surface area (Å²) in [6.45, 7) is 6.02. The summed E-state index contributed by atoms with van der Waals surface area (Å²) < 4.78 is 12.6. The van der Waals surface area contributed by atoms with E-state index in [4.69, 9.17) is 9.47 Å². The van der Waals surface area contributed by atoms with E-state index in [2.05, 4.69) is 32.4 Å². The average Bonchev–Trinajstić information content (AvgIpc) is 3.26. The first kappa shape index (κ1) is 21.3. The number of ether oxygens (including phenoxy) is 2. The van der Waals surface area contributed by atoms with E-state index in [0.29, 0.717) is 17.3 Å². The molecule has 4 rings (SSSR count). The normalized spacial score (nSPS) is 11.8. The Labute approximate surface area is 187 Å². The second kappa shape index (κ2) is 9.05. The molecule has 0 fully saturated rings. The highest BCUT2D eigenvalue weighted by molar-refractivity contribution is 5.61. The molecule has 8 heteroatoms. The van der Waals surface area contributed by atoms with Crippen molar-refractivity contribution in [1.82, 2.24) is 24.7 Å². The number of anilines is 1. The summed E-state index contributed by atoms with van der Waals surface area (Å²) in [5.41, 5.74) is 5.21. The van der Waals surface area contributed by atoms with Gasteiger partial charge in [-0.05, 0) is 62.2 Å². The van der Waals surface area contributed by atoms with Crippen molar-refractivity contribution in [2.45, 2.75) is 26.8 Å². The molecule has 1 unspecified atom stereocenters. The van der Waals surface area contributed by atoms with Gasteiger partial charge < -0.3 is 19.4 Å². The van der Waals surface area contributed by atoms with Crippen LogP contribution in [-0.2, 0) is 0 Å². The van der Waals surface area contributed by atoms with Gasteiger partial charge in [-0.15, -0.1) is 10.2 Å². The minimum Gasteiger partial charge on any atom is -0.497 e. The summed E-state index contributed by atoms with van der Waals surface area (Å²) >= 11 is 0. The van der Waals surface area contributed by atoms with Crippen molar-refractivity contribution in [3.8, 4) is 28.7 Å². The number of nitrogens with one attached hydrogen (secondary N) is 1. The van der Waals surface area contributed by atoms with Crippen LogP contribution in [-0.4, -0.2) is 39.0 Å². The number of methoxy groups -OCH3 is 2. The van der Waals surface area contributed by atoms with E-state index in [9.17, 15) is 0 Å². The van der Waals surface area contributed by atoms with Crippen molar-refractivity contribution in [1.29, 1.82) is 0 Å². The second-order valence-electron chi connectivity index (χ2n) is 7.55. The molecule has 8 nitrogen and oxygen atoms in total. The maximum atomic E-state index is 5.51. The topological polar surface area (TPSA) is 87.0 Å². The fourth-order valence-electron chi connectivity index (χ4n) is 3.41. The number of imidazole rings is 1. The molecule has 0 aliphatic carbocycles. The Kier molecular flexibility index (Phi) is 6.02. The van der Waals surface area contributed by atoms with E-state index in [1.165, 1.54) is 0 Å². The maximum absolute atomic E-state index is 5.51. The predicted molar refractivity (Wildman–Crippen MR) is 123 cm³/mol. The Bertz CT molecular complexity index is 1220. The Morgan fingerprint density at radius 3 is 2.34 bits per heavy atom. The number of aryl methyl sites for hydroxylation is 2. The van der Waals surface area contributed by atoms with Gasteiger partial charge in [-0.1, -0.05) is 12.1 Å². The molecule has 1 aromatic carbocycles. The van der Waals surface area contributed by atoms with Crippen LogP contribution in [0.4, 0.5) is 5.82 Å². The lowest BCUT2D eigenvalue weighted by atomic mass is 10.1. The van der Waals surface area contributed by atoms with Crippen molar-refractivity contribution in [3.63, 3.8) is 0 Å². The van der Waals surface area contributed by atoms with Gasteiger partial charge in [0.25, 0.3) is 0 Å². The van der Waals surface area contributed by atoms with Gasteiger partial charge >= 0.3 is 0 Å². The van der Waals surface area contributed by atoms with Gasteiger partial charge in [-0.25, -0.2) is 9.97 Å². The molecule has 32 heavy (non-hydrogen) atoms. The van der Waals surface area contributed by atoms with Crippen molar-refractivity contribution < 1.29 is 9.47 Å². The fraction of sp³-hybridized carbons (Fsp3) is 0.250. The Balaban J connectivity index is 1.56. The van der Waals surface area contributed by atoms with Gasteiger partial charge in [0.2, 0.25) is 5.88 Å². The molecule has 1 N–H and O–H groups in total. The summed E-state index contributed by atoms with van der Waals surface area (Å²) in [6, 6.07) is 13.8. The predicted octanol–water partition coefficient (Wildman–Crippen LogP) is 4.53. The standard InChI is InChI=1S/C24H26N6O2/c1-15-12-21(20-10-11-22(24(27-20)32-5)30-13-16(2)25-14-30)28-29-23(15)26-17(3)18-6-8-19(31-4)9-7-18/h6-14,17H,1-5H3,(H,26,29). The Morgan fingerprint density at radius 1 is 0.938 bits per heavy atom. The molecule has 0 amide bonds. The molecule has 3 aromatic heterocycles. The molecule has 4 aromatic rings. The summed E-state index contributed by atoms with van der Waals surface area (Å²) in [6.07, 6.45) is 3.66. The van der Waals surface area contributed by atoms with Gasteiger partial charge in [0.1, 0.15) is 17.1 Å². The lowest BCUT2D eigenvalue weighted by Gasteiger charge is -2.17. The second-order valence-corrected chi connectivity index (χ2v) is 7.55. The molecule has 0 aliphatic rings. The molecule has 0 bridgehead atoms. The largest absolute Gasteiger partial charge is 0.497 e. The van der Waals surface area contributed by atoms with Crippen LogP contribution < -0.4 is 14.8 Å². The molecule has 1 atom stereocenters. The number of pyridine rings is 1. The fourth-order valence-corrected chi connectivity index (χ4v) is 3.41. The van der Waals surface area contributed by atoms with Crippen LogP contribution in [0.15, 0.2) is 55.0 Å². The molecule has 0 saturated heterocycles. The molecule has 3 heterocycles. The molecule has 164 valence electrons. The number of rotatable bonds is 7. The quantitative estimate of drug-likeness (QED) is 0.461. The van der Waals surface area contributed by atoms with Crippen LogP contribution in [0.5, 0.6) is 11.6 Å². The third-order valence-electron chi connectivity index (χ3n) is 5.24. The van der Waals surface area contributed by atoms with Crippen molar-refractivity contribution in [2.24, 2.45) is 0 Å². The van der Waals surface area contributed by atoms with Gasteiger partial charge in [-0.2, -0.15) is 0 Å². The van der Waals surface area contributed by atoms with E-state index in [-0.39, 0.29) is 6.04 Å². The van der Waals surface area contributed by atoms with Gasteiger partial charge in [0, 0.05) is 6.20 Å². The van der Waals surface area contributed by atoms with Crippen LogP contribution in [0, 0.1) is 13.8 Å². The zero-order valence-electron chi connectivity index (χ0n) is 18.8. The van der Waals surface area contributed by atoms with Crippen LogP contribution in [0.25, 0.3) is 17.1 Å². The molecular weight excluding hydrogens is 404 g/mol. The lowest BCUT2D eigenvalue weighted by molar-refractivity contribution is 0.396. The molecular formula is C24H26N6O2. The number of hydrogen-bond acceptors (Lipinski definition) is 7. The zero-order chi connectivity index (χ0) is 22.7. The number of hydrogen-bond donors (Lipinski definition) is 1. The molecule has 0 spiro atoms. The maximum Gasteiger partial charge on any atom is 0.238 e. The van der Waals surface area contributed by atoms with Gasteiger partial charge in [0.05, 0.1) is 38.0 Å². The van der Waals surface area contributed by atoms with Crippen LogP contribution in [0.3, 0.4) is 0 Å².